The van der Waals surface area contributed by atoms with Crippen LogP contribution in [0.3, 0.4) is 0 Å². The number of carbonyl (C=O) groups is 4. The number of allylic oxidation sites excluding steroid dienone is 1. The second kappa shape index (κ2) is 16.3. The summed E-state index contributed by atoms with van der Waals surface area (Å²) in [6, 6.07) is 4.31. The quantitative estimate of drug-likeness (QED) is 0.243. The number of ether oxygens (including phenoxy) is 2. The van der Waals surface area contributed by atoms with Crippen molar-refractivity contribution in [1.29, 1.82) is 0 Å². The minimum atomic E-state index is -4.48. The van der Waals surface area contributed by atoms with Crippen molar-refractivity contribution >= 4 is 44.6 Å². The van der Waals surface area contributed by atoms with E-state index in [-0.39, 0.29) is 56.9 Å². The number of alkyl halides is 3. The third-order valence-electron chi connectivity index (χ3n) is 13.8. The molecule has 3 N–H and O–H groups in total. The first-order valence-electron chi connectivity index (χ1n) is 21.2. The summed E-state index contributed by atoms with van der Waals surface area (Å²) in [5.41, 5.74) is -3.27. The summed E-state index contributed by atoms with van der Waals surface area (Å²) in [7, 11) is -4.48. The van der Waals surface area contributed by atoms with Gasteiger partial charge in [0.1, 0.15) is 40.7 Å². The molecule has 1 aromatic carbocycles. The number of hydrogen-bond acceptors (Lipinski definition) is 9. The molecule has 4 amide bonds. The Bertz CT molecular complexity index is 2210. The van der Waals surface area contributed by atoms with Crippen LogP contribution in [0.5, 0.6) is 11.8 Å². The normalized spacial score (nSPS) is 29.7. The Kier molecular flexibility index (Phi) is 11.8. The summed E-state index contributed by atoms with van der Waals surface area (Å²) in [5, 5.41) is 15.0. The SMILES string of the molecule is CC[C@@H]1C[C@@H](C)CC/C=C\[C@@H]2C[C@@]2(C(=O)NS(=O)(=O)C2(CF)CC2)NC(=O)[C@@H]2C[C@@H](Oc3nc4c(c5ccccc35)CCCO4)CN2C(=O)[C@H]1N(C(=O)O)C(C)(C)C(C)(F)F. The molecule has 18 heteroatoms. The minimum Gasteiger partial charge on any atom is -0.477 e. The zero-order valence-corrected chi connectivity index (χ0v) is 36.0. The molecule has 0 bridgehead atoms. The standard InChI is InChI=1S/C43H56F3N5O9S/c1-6-26-20-25(2)12-7-8-13-27-22-43(27,38(54)49-61(57,58)42(24-44)17-18-42)48-34(52)32-21-28(23-50(32)37(53)33(26)51(39(55)56)40(3,4)41(5,45)46)60-36-31-15-10-9-14-29(31)30-16-11-19-59-35(30)47-36/h8-10,13-15,25-28,32-33H,6-7,11-12,16-24H2,1-5H3,(H,48,52)(H,49,54)(H,55,56)/b13-8-/t25-,26+,27+,28+,32-,33-,43+/m0/s1. The molecule has 3 fully saturated rings. The molecule has 7 atom stereocenters. The van der Waals surface area contributed by atoms with E-state index in [9.17, 15) is 32.3 Å². The summed E-state index contributed by atoms with van der Waals surface area (Å²) >= 11 is 0. The highest BCUT2D eigenvalue weighted by Crippen LogP contribution is 2.48. The lowest BCUT2D eigenvalue weighted by molar-refractivity contribution is -0.157. The van der Waals surface area contributed by atoms with Crippen molar-refractivity contribution in [1.82, 2.24) is 24.8 Å². The maximum Gasteiger partial charge on any atom is 0.408 e. The number of hydrogen-bond donors (Lipinski definition) is 3. The molecule has 334 valence electrons. The van der Waals surface area contributed by atoms with Crippen molar-refractivity contribution in [2.45, 2.75) is 139 Å². The van der Waals surface area contributed by atoms with Gasteiger partial charge in [-0.15, -0.1) is 0 Å². The average molecular weight is 876 g/mol. The number of halogens is 3. The van der Waals surface area contributed by atoms with Crippen molar-refractivity contribution in [2.75, 3.05) is 19.8 Å². The second-order valence-corrected chi connectivity index (χ2v) is 20.3. The number of nitrogens with zero attached hydrogens (tertiary/aromatic N) is 3. The largest absolute Gasteiger partial charge is 0.477 e. The maximum absolute atomic E-state index is 15.5. The Morgan fingerprint density at radius 3 is 2.49 bits per heavy atom. The van der Waals surface area contributed by atoms with Crippen LogP contribution in [0.2, 0.25) is 0 Å². The van der Waals surface area contributed by atoms with Crippen molar-refractivity contribution in [2.24, 2.45) is 17.8 Å². The number of amides is 4. The molecule has 2 aliphatic carbocycles. The molecule has 0 radical (unpaired) electrons. The molecule has 2 saturated carbocycles. The number of sulfonamides is 1. The van der Waals surface area contributed by atoms with E-state index in [0.29, 0.717) is 42.5 Å². The number of fused-ring (bicyclic) bond motifs is 5. The zero-order chi connectivity index (χ0) is 44.3. The predicted molar refractivity (Wildman–Crippen MR) is 218 cm³/mol. The van der Waals surface area contributed by atoms with Gasteiger partial charge in [0.25, 0.3) is 11.8 Å². The number of carbonyl (C=O) groups excluding carboxylic acids is 3. The number of pyridine rings is 1. The van der Waals surface area contributed by atoms with Gasteiger partial charge in [-0.2, -0.15) is 4.98 Å². The van der Waals surface area contributed by atoms with Crippen LogP contribution in [0.4, 0.5) is 18.0 Å². The van der Waals surface area contributed by atoms with Gasteiger partial charge in [0, 0.05) is 30.2 Å². The molecule has 3 aliphatic heterocycles. The highest BCUT2D eigenvalue weighted by Gasteiger charge is 2.64. The minimum absolute atomic E-state index is 0.00744. The van der Waals surface area contributed by atoms with Crippen LogP contribution < -0.4 is 19.5 Å². The van der Waals surface area contributed by atoms with Crippen LogP contribution in [0.1, 0.15) is 98.0 Å². The fourth-order valence-electron chi connectivity index (χ4n) is 9.29. The monoisotopic (exact) mass is 875 g/mol. The molecule has 2 aromatic rings. The Morgan fingerprint density at radius 1 is 1.15 bits per heavy atom. The van der Waals surface area contributed by atoms with Gasteiger partial charge in [-0.3, -0.25) is 24.0 Å². The fraction of sp³-hybridized carbons (Fsp3) is 0.651. The topological polar surface area (TPSA) is 185 Å². The summed E-state index contributed by atoms with van der Waals surface area (Å²) in [5.74, 6) is -7.40. The highest BCUT2D eigenvalue weighted by molar-refractivity contribution is 7.91. The lowest BCUT2D eigenvalue weighted by atomic mass is 9.81. The van der Waals surface area contributed by atoms with Crippen LogP contribution in [0, 0.1) is 17.8 Å². The van der Waals surface area contributed by atoms with Crippen molar-refractivity contribution in [3.63, 3.8) is 0 Å². The first kappa shape index (κ1) is 44.4. The average Bonchev–Trinajstić information content (AvgIpc) is 4.11. The van der Waals surface area contributed by atoms with Crippen LogP contribution >= 0.6 is 0 Å². The van der Waals surface area contributed by atoms with Crippen molar-refractivity contribution in [3.05, 3.63) is 42.0 Å². The molecular formula is C43H56F3N5O9S. The predicted octanol–water partition coefficient (Wildman–Crippen LogP) is 5.92. The molecular weight excluding hydrogens is 820 g/mol. The molecule has 4 heterocycles. The van der Waals surface area contributed by atoms with Crippen LogP contribution in [-0.4, -0.2) is 112 Å². The van der Waals surface area contributed by atoms with E-state index in [4.69, 9.17) is 14.5 Å². The summed E-state index contributed by atoms with van der Waals surface area (Å²) < 4.78 is 84.3. The number of aryl methyl sites for hydroxylation is 1. The smallest absolute Gasteiger partial charge is 0.408 e. The zero-order valence-electron chi connectivity index (χ0n) is 35.2. The third-order valence-corrected chi connectivity index (χ3v) is 15.9. The molecule has 14 nitrogen and oxygen atoms in total. The Morgan fingerprint density at radius 2 is 1.85 bits per heavy atom. The van der Waals surface area contributed by atoms with Gasteiger partial charge in [0.05, 0.1) is 13.2 Å². The van der Waals surface area contributed by atoms with E-state index < -0.39 is 92.3 Å². The van der Waals surface area contributed by atoms with Crippen LogP contribution in [0.25, 0.3) is 10.8 Å². The number of carboxylic acid groups (broad SMARTS) is 1. The van der Waals surface area contributed by atoms with E-state index in [1.54, 1.807) is 13.0 Å². The van der Waals surface area contributed by atoms with E-state index in [1.165, 1.54) is 0 Å². The Balaban J connectivity index is 1.31. The van der Waals surface area contributed by atoms with Crippen LogP contribution in [0.15, 0.2) is 36.4 Å². The maximum atomic E-state index is 15.5. The first-order chi connectivity index (χ1) is 28.7. The highest BCUT2D eigenvalue weighted by atomic mass is 32.2. The van der Waals surface area contributed by atoms with Gasteiger partial charge in [-0.05, 0) is 88.5 Å². The van der Waals surface area contributed by atoms with Gasteiger partial charge in [0.2, 0.25) is 33.6 Å². The molecule has 1 saturated heterocycles. The van der Waals surface area contributed by atoms with E-state index in [1.807, 2.05) is 42.0 Å². The summed E-state index contributed by atoms with van der Waals surface area (Å²) in [6.45, 7) is 5.38. The molecule has 0 unspecified atom stereocenters. The third kappa shape index (κ3) is 8.13. The van der Waals surface area contributed by atoms with E-state index in [0.717, 1.165) is 42.5 Å². The van der Waals surface area contributed by atoms with Gasteiger partial charge in [-0.1, -0.05) is 50.6 Å². The van der Waals surface area contributed by atoms with E-state index in [2.05, 4.69) is 5.32 Å². The molecule has 61 heavy (non-hydrogen) atoms. The molecule has 0 spiro atoms. The number of aromatic nitrogens is 1. The Hall–Kier alpha value is -4.61. The number of rotatable bonds is 10. The summed E-state index contributed by atoms with van der Waals surface area (Å²) in [4.78, 5) is 63.8. The number of nitrogens with one attached hydrogen (secondary N) is 2. The van der Waals surface area contributed by atoms with Crippen molar-refractivity contribution in [3.8, 4) is 11.8 Å². The second-order valence-electron chi connectivity index (χ2n) is 18.3. The molecule has 5 aliphatic rings. The first-order valence-corrected chi connectivity index (χ1v) is 22.7. The van der Waals surface area contributed by atoms with Crippen LogP contribution in [-0.2, 0) is 30.8 Å². The molecule has 1 aromatic heterocycles. The van der Waals surface area contributed by atoms with Gasteiger partial charge in [0.15, 0.2) is 0 Å². The molecule has 7 rings (SSSR count). The lowest BCUT2D eigenvalue weighted by Crippen LogP contribution is -2.67. The Labute approximate surface area is 354 Å². The van der Waals surface area contributed by atoms with Gasteiger partial charge < -0.3 is 24.8 Å². The fourth-order valence-corrected chi connectivity index (χ4v) is 10.7. The lowest BCUT2D eigenvalue weighted by Gasteiger charge is -2.47. The van der Waals surface area contributed by atoms with Gasteiger partial charge in [-0.25, -0.2) is 26.4 Å². The van der Waals surface area contributed by atoms with E-state index >= 15 is 13.6 Å². The number of benzene rings is 1. The summed E-state index contributed by atoms with van der Waals surface area (Å²) in [6.07, 6.45) is 3.81. The van der Waals surface area contributed by atoms with Crippen molar-refractivity contribution < 1.29 is 55.3 Å². The van der Waals surface area contributed by atoms with Gasteiger partial charge >= 0.3 is 6.09 Å².